The fourth-order valence-corrected chi connectivity index (χ4v) is 3.68. The van der Waals surface area contributed by atoms with Gasteiger partial charge in [0.15, 0.2) is 5.82 Å². The maximum atomic E-state index is 12.6. The number of amides is 1. The fraction of sp³-hybridized carbons (Fsp3) is 0.421. The topological polar surface area (TPSA) is 49.3 Å². The van der Waals surface area contributed by atoms with Gasteiger partial charge in [-0.25, -0.2) is 9.97 Å². The van der Waals surface area contributed by atoms with Gasteiger partial charge in [-0.3, -0.25) is 4.79 Å². The molecule has 3 heterocycles. The molecule has 1 amide bonds. The largest absolute Gasteiger partial charge is 0.337 e. The number of carbonyl (C=O) groups is 1. The van der Waals surface area contributed by atoms with Gasteiger partial charge in [0.05, 0.1) is 12.4 Å². The summed E-state index contributed by atoms with van der Waals surface area (Å²) in [5.41, 5.74) is 2.97. The zero-order chi connectivity index (χ0) is 16.5. The smallest absolute Gasteiger partial charge is 0.274 e. The number of fused-ring (bicyclic) bond motifs is 1. The zero-order valence-corrected chi connectivity index (χ0v) is 14.0. The minimum Gasteiger partial charge on any atom is -0.337 e. The Morgan fingerprint density at radius 2 is 2.04 bits per heavy atom. The van der Waals surface area contributed by atoms with E-state index >= 15 is 0 Å². The van der Waals surface area contributed by atoms with Crippen LogP contribution in [0.15, 0.2) is 36.7 Å². The number of hydrogen-bond donors (Lipinski definition) is 0. The molecule has 5 nitrogen and oxygen atoms in total. The number of rotatable bonds is 2. The Morgan fingerprint density at radius 3 is 2.83 bits per heavy atom. The Kier molecular flexibility index (Phi) is 3.92. The van der Waals surface area contributed by atoms with Crippen molar-refractivity contribution in [3.8, 4) is 0 Å². The van der Waals surface area contributed by atoms with Crippen molar-refractivity contribution in [2.24, 2.45) is 5.92 Å². The van der Waals surface area contributed by atoms with Crippen molar-refractivity contribution in [3.05, 3.63) is 47.9 Å². The van der Waals surface area contributed by atoms with Gasteiger partial charge in [-0.1, -0.05) is 25.1 Å². The molecule has 2 aliphatic heterocycles. The first-order valence-corrected chi connectivity index (χ1v) is 8.69. The number of likely N-dealkylation sites (tertiary alicyclic amines) is 1. The van der Waals surface area contributed by atoms with Gasteiger partial charge in [-0.15, -0.1) is 0 Å². The summed E-state index contributed by atoms with van der Waals surface area (Å²) in [7, 11) is 0. The molecule has 1 aromatic carbocycles. The lowest BCUT2D eigenvalue weighted by atomic mass is 10.0. The lowest BCUT2D eigenvalue weighted by Gasteiger charge is -2.30. The first-order chi connectivity index (χ1) is 11.7. The number of aromatic nitrogens is 2. The predicted octanol–water partition coefficient (Wildman–Crippen LogP) is 3.04. The molecule has 2 aromatic rings. The Hall–Kier alpha value is -2.43. The van der Waals surface area contributed by atoms with Crippen LogP contribution in [0.25, 0.3) is 0 Å². The Bertz CT molecular complexity index is 743. The van der Waals surface area contributed by atoms with Crippen LogP contribution in [-0.2, 0) is 6.42 Å². The minimum atomic E-state index is 0.00224. The van der Waals surface area contributed by atoms with E-state index in [9.17, 15) is 4.79 Å². The first-order valence-electron chi connectivity index (χ1n) is 8.69. The summed E-state index contributed by atoms with van der Waals surface area (Å²) in [5, 5.41) is 0. The number of para-hydroxylation sites is 1. The van der Waals surface area contributed by atoms with Gasteiger partial charge in [0.2, 0.25) is 0 Å². The van der Waals surface area contributed by atoms with E-state index in [-0.39, 0.29) is 5.91 Å². The Labute approximate surface area is 142 Å². The third-order valence-electron chi connectivity index (χ3n) is 4.97. The maximum Gasteiger partial charge on any atom is 0.274 e. The minimum absolute atomic E-state index is 0.00224. The lowest BCUT2D eigenvalue weighted by molar-refractivity contribution is 0.0676. The van der Waals surface area contributed by atoms with Crippen molar-refractivity contribution in [1.29, 1.82) is 0 Å². The molecule has 0 N–H and O–H groups in total. The maximum absolute atomic E-state index is 12.6. The monoisotopic (exact) mass is 322 g/mol. The summed E-state index contributed by atoms with van der Waals surface area (Å²) in [4.78, 5) is 25.6. The van der Waals surface area contributed by atoms with Gasteiger partial charge in [-0.05, 0) is 36.8 Å². The molecule has 0 spiro atoms. The van der Waals surface area contributed by atoms with E-state index in [0.717, 1.165) is 38.3 Å². The van der Waals surface area contributed by atoms with Crippen molar-refractivity contribution < 1.29 is 4.79 Å². The second kappa shape index (κ2) is 6.23. The third-order valence-corrected chi connectivity index (χ3v) is 4.97. The van der Waals surface area contributed by atoms with Crippen molar-refractivity contribution in [1.82, 2.24) is 14.9 Å². The van der Waals surface area contributed by atoms with Gasteiger partial charge in [-0.2, -0.15) is 0 Å². The quantitative estimate of drug-likeness (QED) is 0.853. The van der Waals surface area contributed by atoms with E-state index in [1.807, 2.05) is 11.0 Å². The van der Waals surface area contributed by atoms with Crippen molar-refractivity contribution in [3.63, 3.8) is 0 Å². The fourth-order valence-electron chi connectivity index (χ4n) is 3.68. The molecule has 0 aliphatic carbocycles. The number of anilines is 2. The van der Waals surface area contributed by atoms with E-state index < -0.39 is 0 Å². The van der Waals surface area contributed by atoms with Crippen molar-refractivity contribution in [2.45, 2.75) is 26.2 Å². The molecular formula is C19H22N4O. The van der Waals surface area contributed by atoms with Crippen LogP contribution >= 0.6 is 0 Å². The number of benzene rings is 1. The molecule has 4 rings (SSSR count). The molecular weight excluding hydrogens is 300 g/mol. The standard InChI is InChI=1S/C19H22N4O/c1-14-5-4-9-22(13-14)19(24)16-11-21-18(12-20-16)23-10-8-15-6-2-3-7-17(15)23/h2-3,6-7,11-12,14H,4-5,8-10,13H2,1H3. The molecule has 1 saturated heterocycles. The van der Waals surface area contributed by atoms with Crippen LogP contribution in [0.1, 0.15) is 35.8 Å². The van der Waals surface area contributed by atoms with Crippen LogP contribution in [0.3, 0.4) is 0 Å². The summed E-state index contributed by atoms with van der Waals surface area (Å²) in [6.45, 7) is 4.75. The molecule has 24 heavy (non-hydrogen) atoms. The second-order valence-electron chi connectivity index (χ2n) is 6.79. The summed E-state index contributed by atoms with van der Waals surface area (Å²) < 4.78 is 0. The normalized spacial score (nSPS) is 20.1. The highest BCUT2D eigenvalue weighted by Crippen LogP contribution is 2.32. The van der Waals surface area contributed by atoms with Crippen LogP contribution < -0.4 is 4.90 Å². The average molecular weight is 322 g/mol. The predicted molar refractivity (Wildman–Crippen MR) is 93.5 cm³/mol. The highest BCUT2D eigenvalue weighted by Gasteiger charge is 2.24. The Balaban J connectivity index is 1.52. The molecule has 0 bridgehead atoms. The number of piperidine rings is 1. The van der Waals surface area contributed by atoms with Crippen molar-refractivity contribution in [2.75, 3.05) is 24.5 Å². The second-order valence-corrected chi connectivity index (χ2v) is 6.79. The Morgan fingerprint density at radius 1 is 1.17 bits per heavy atom. The van der Waals surface area contributed by atoms with E-state index in [1.54, 1.807) is 12.4 Å². The zero-order valence-electron chi connectivity index (χ0n) is 14.0. The average Bonchev–Trinajstić information content (AvgIpc) is 3.05. The lowest BCUT2D eigenvalue weighted by Crippen LogP contribution is -2.39. The van der Waals surface area contributed by atoms with Crippen LogP contribution in [0, 0.1) is 5.92 Å². The van der Waals surface area contributed by atoms with E-state index in [4.69, 9.17) is 0 Å². The highest BCUT2D eigenvalue weighted by atomic mass is 16.2. The van der Waals surface area contributed by atoms with Gasteiger partial charge in [0.25, 0.3) is 5.91 Å². The van der Waals surface area contributed by atoms with Crippen LogP contribution in [0.5, 0.6) is 0 Å². The van der Waals surface area contributed by atoms with Gasteiger partial charge in [0, 0.05) is 25.3 Å². The summed E-state index contributed by atoms with van der Waals surface area (Å²) in [6.07, 6.45) is 6.64. The summed E-state index contributed by atoms with van der Waals surface area (Å²) in [6, 6.07) is 8.37. The molecule has 1 aromatic heterocycles. The third kappa shape index (κ3) is 2.75. The van der Waals surface area contributed by atoms with Crippen LogP contribution in [0.2, 0.25) is 0 Å². The molecule has 1 atom stereocenters. The van der Waals surface area contributed by atoms with Crippen LogP contribution in [0.4, 0.5) is 11.5 Å². The van der Waals surface area contributed by atoms with Gasteiger partial charge < -0.3 is 9.80 Å². The number of carbonyl (C=O) groups excluding carboxylic acids is 1. The number of nitrogens with zero attached hydrogens (tertiary/aromatic N) is 4. The summed E-state index contributed by atoms with van der Waals surface area (Å²) in [5.74, 6) is 1.38. The highest BCUT2D eigenvalue weighted by molar-refractivity contribution is 5.92. The van der Waals surface area contributed by atoms with E-state index in [1.165, 1.54) is 17.7 Å². The SMILES string of the molecule is CC1CCCN(C(=O)c2cnc(N3CCc4ccccc43)cn2)C1. The molecule has 1 fully saturated rings. The molecule has 2 aliphatic rings. The molecule has 0 saturated carbocycles. The van der Waals surface area contributed by atoms with E-state index in [0.29, 0.717) is 11.6 Å². The molecule has 0 radical (unpaired) electrons. The molecule has 5 heteroatoms. The first kappa shape index (κ1) is 15.1. The molecule has 124 valence electrons. The summed E-state index contributed by atoms with van der Waals surface area (Å²) >= 11 is 0. The molecule has 1 unspecified atom stereocenters. The van der Waals surface area contributed by atoms with Gasteiger partial charge in [0.1, 0.15) is 5.69 Å². The van der Waals surface area contributed by atoms with Crippen molar-refractivity contribution >= 4 is 17.4 Å². The van der Waals surface area contributed by atoms with Crippen LogP contribution in [-0.4, -0.2) is 40.4 Å². The van der Waals surface area contributed by atoms with E-state index in [2.05, 4.69) is 40.0 Å². The van der Waals surface area contributed by atoms with Gasteiger partial charge >= 0.3 is 0 Å². The number of hydrogen-bond acceptors (Lipinski definition) is 4.